The summed E-state index contributed by atoms with van der Waals surface area (Å²) in [6.45, 7) is 5.49. The Morgan fingerprint density at radius 3 is 2.81 bits per heavy atom. The standard InChI is InChI=1S/C17H27N3O/c1-12(2)4-7-16-18-17(20(19-16)8-3-9-21)15-11-13-5-6-14(15)10-13/h5-6,12-15,21H,3-4,7-11H2,1-2H3/t13-,14+,15-/m1/s1. The minimum Gasteiger partial charge on any atom is -0.396 e. The first-order valence-electron chi connectivity index (χ1n) is 8.40. The van der Waals surface area contributed by atoms with Gasteiger partial charge in [-0.1, -0.05) is 26.0 Å². The fourth-order valence-electron chi connectivity index (χ4n) is 3.66. The van der Waals surface area contributed by atoms with Crippen molar-refractivity contribution in [2.75, 3.05) is 6.61 Å². The number of aliphatic hydroxyl groups is 1. The molecule has 1 heterocycles. The Balaban J connectivity index is 1.77. The number of aromatic nitrogens is 3. The highest BCUT2D eigenvalue weighted by Gasteiger charge is 2.39. The van der Waals surface area contributed by atoms with Crippen molar-refractivity contribution in [3.05, 3.63) is 23.8 Å². The zero-order chi connectivity index (χ0) is 14.8. The molecule has 0 amide bonds. The first-order valence-corrected chi connectivity index (χ1v) is 8.40. The average Bonchev–Trinajstić information content (AvgIpc) is 3.17. The van der Waals surface area contributed by atoms with E-state index in [9.17, 15) is 0 Å². The SMILES string of the molecule is CC(C)CCc1nc([C@@H]2C[C@@H]3C=C[C@H]2C3)n(CCCO)n1. The Bertz CT molecular complexity index is 506. The van der Waals surface area contributed by atoms with Crippen LogP contribution < -0.4 is 0 Å². The maximum Gasteiger partial charge on any atom is 0.150 e. The molecule has 4 nitrogen and oxygen atoms in total. The number of rotatable bonds is 7. The number of aryl methyl sites for hydroxylation is 2. The number of hydrogen-bond acceptors (Lipinski definition) is 3. The highest BCUT2D eigenvalue weighted by molar-refractivity contribution is 5.19. The van der Waals surface area contributed by atoms with E-state index in [0.29, 0.717) is 17.8 Å². The quantitative estimate of drug-likeness (QED) is 0.785. The monoisotopic (exact) mass is 289 g/mol. The lowest BCUT2D eigenvalue weighted by Crippen LogP contribution is -2.14. The van der Waals surface area contributed by atoms with Crippen molar-refractivity contribution in [3.8, 4) is 0 Å². The fourth-order valence-corrected chi connectivity index (χ4v) is 3.66. The molecular formula is C17H27N3O. The molecule has 0 aliphatic heterocycles. The van der Waals surface area contributed by atoms with Gasteiger partial charge in [-0.25, -0.2) is 9.67 Å². The van der Waals surface area contributed by atoms with Gasteiger partial charge in [0.1, 0.15) is 5.82 Å². The van der Waals surface area contributed by atoms with Crippen molar-refractivity contribution < 1.29 is 5.11 Å². The third kappa shape index (κ3) is 3.20. The number of aliphatic hydroxyl groups excluding tert-OH is 1. The summed E-state index contributed by atoms with van der Waals surface area (Å²) in [7, 11) is 0. The molecule has 3 atom stereocenters. The molecule has 0 unspecified atom stereocenters. The minimum absolute atomic E-state index is 0.219. The molecule has 21 heavy (non-hydrogen) atoms. The third-order valence-electron chi connectivity index (χ3n) is 4.83. The van der Waals surface area contributed by atoms with Crippen molar-refractivity contribution in [2.24, 2.45) is 17.8 Å². The van der Waals surface area contributed by atoms with Gasteiger partial charge in [-0.3, -0.25) is 0 Å². The van der Waals surface area contributed by atoms with Gasteiger partial charge in [0.2, 0.25) is 0 Å². The molecule has 1 N–H and O–H groups in total. The zero-order valence-corrected chi connectivity index (χ0v) is 13.2. The van der Waals surface area contributed by atoms with Crippen molar-refractivity contribution in [1.29, 1.82) is 0 Å². The molecule has 116 valence electrons. The molecule has 3 rings (SSSR count). The van der Waals surface area contributed by atoms with E-state index < -0.39 is 0 Å². The maximum atomic E-state index is 9.10. The summed E-state index contributed by atoms with van der Waals surface area (Å²) in [6.07, 6.45) is 10.1. The molecule has 2 bridgehead atoms. The molecule has 1 fully saturated rings. The van der Waals surface area contributed by atoms with Crippen molar-refractivity contribution in [3.63, 3.8) is 0 Å². The highest BCUT2D eigenvalue weighted by atomic mass is 16.3. The summed E-state index contributed by atoms with van der Waals surface area (Å²) in [6, 6.07) is 0. The summed E-state index contributed by atoms with van der Waals surface area (Å²) in [5.74, 6) is 4.79. The lowest BCUT2D eigenvalue weighted by atomic mass is 9.93. The van der Waals surface area contributed by atoms with Gasteiger partial charge in [-0.15, -0.1) is 0 Å². The van der Waals surface area contributed by atoms with Crippen molar-refractivity contribution in [2.45, 2.75) is 58.4 Å². The molecule has 0 saturated heterocycles. The fraction of sp³-hybridized carbons (Fsp3) is 0.765. The van der Waals surface area contributed by atoms with Crippen LogP contribution >= 0.6 is 0 Å². The van der Waals surface area contributed by atoms with Gasteiger partial charge in [0.05, 0.1) is 0 Å². The summed E-state index contributed by atoms with van der Waals surface area (Å²) in [5, 5.41) is 13.8. The van der Waals surface area contributed by atoms with Gasteiger partial charge < -0.3 is 5.11 Å². The topological polar surface area (TPSA) is 50.9 Å². The van der Waals surface area contributed by atoms with Gasteiger partial charge >= 0.3 is 0 Å². The molecule has 0 radical (unpaired) electrons. The van der Waals surface area contributed by atoms with Gasteiger partial charge in [0.15, 0.2) is 5.82 Å². The molecule has 1 aromatic heterocycles. The molecule has 1 aromatic rings. The van der Waals surface area contributed by atoms with Gasteiger partial charge in [-0.2, -0.15) is 5.10 Å². The Morgan fingerprint density at radius 2 is 2.19 bits per heavy atom. The predicted octanol–water partition coefficient (Wildman–Crippen LogP) is 2.93. The van der Waals surface area contributed by atoms with Crippen LogP contribution in [0.5, 0.6) is 0 Å². The Labute approximate surface area is 127 Å². The van der Waals surface area contributed by atoms with Gasteiger partial charge in [0, 0.05) is 25.5 Å². The van der Waals surface area contributed by atoms with E-state index in [4.69, 9.17) is 15.2 Å². The minimum atomic E-state index is 0.219. The smallest absolute Gasteiger partial charge is 0.150 e. The van der Waals surface area contributed by atoms with Crippen LogP contribution in [0.2, 0.25) is 0 Å². The summed E-state index contributed by atoms with van der Waals surface area (Å²) >= 11 is 0. The molecule has 2 aliphatic rings. The Morgan fingerprint density at radius 1 is 1.33 bits per heavy atom. The molecule has 2 aliphatic carbocycles. The zero-order valence-electron chi connectivity index (χ0n) is 13.2. The molecule has 4 heteroatoms. The number of nitrogens with zero attached hydrogens (tertiary/aromatic N) is 3. The third-order valence-corrected chi connectivity index (χ3v) is 4.83. The Kier molecular flexibility index (Phi) is 4.43. The normalized spacial score (nSPS) is 27.1. The van der Waals surface area contributed by atoms with Crippen LogP contribution in [0.4, 0.5) is 0 Å². The number of fused-ring (bicyclic) bond motifs is 2. The second-order valence-corrected chi connectivity index (χ2v) is 7.01. The van der Waals surface area contributed by atoms with Gasteiger partial charge in [0.25, 0.3) is 0 Å². The summed E-state index contributed by atoms with van der Waals surface area (Å²) in [4.78, 5) is 4.87. The lowest BCUT2D eigenvalue weighted by molar-refractivity contribution is 0.274. The van der Waals surface area contributed by atoms with Crippen LogP contribution in [0.3, 0.4) is 0 Å². The van der Waals surface area contributed by atoms with E-state index in [1.165, 1.54) is 18.7 Å². The van der Waals surface area contributed by atoms with Crippen molar-refractivity contribution >= 4 is 0 Å². The van der Waals surface area contributed by atoms with Crippen LogP contribution in [-0.2, 0) is 13.0 Å². The summed E-state index contributed by atoms with van der Waals surface area (Å²) in [5.41, 5.74) is 0. The second kappa shape index (κ2) is 6.30. The molecular weight excluding hydrogens is 262 g/mol. The van der Waals surface area contributed by atoms with E-state index in [1.54, 1.807) is 0 Å². The molecule has 0 spiro atoms. The van der Waals surface area contributed by atoms with Crippen LogP contribution in [0, 0.1) is 17.8 Å². The van der Waals surface area contributed by atoms with Crippen LogP contribution in [0.25, 0.3) is 0 Å². The number of allylic oxidation sites excluding steroid dienone is 2. The van der Waals surface area contributed by atoms with Crippen molar-refractivity contribution in [1.82, 2.24) is 14.8 Å². The predicted molar refractivity (Wildman–Crippen MR) is 83.0 cm³/mol. The Hall–Kier alpha value is -1.16. The second-order valence-electron chi connectivity index (χ2n) is 7.01. The maximum absolute atomic E-state index is 9.10. The molecule has 1 saturated carbocycles. The largest absolute Gasteiger partial charge is 0.396 e. The van der Waals surface area contributed by atoms with E-state index in [0.717, 1.165) is 37.5 Å². The molecule has 0 aromatic carbocycles. The van der Waals surface area contributed by atoms with E-state index in [-0.39, 0.29) is 6.61 Å². The van der Waals surface area contributed by atoms with E-state index >= 15 is 0 Å². The first kappa shape index (κ1) is 14.8. The lowest BCUT2D eigenvalue weighted by Gasteiger charge is -2.17. The number of hydrogen-bond donors (Lipinski definition) is 1. The first-order chi connectivity index (χ1) is 10.2. The summed E-state index contributed by atoms with van der Waals surface area (Å²) < 4.78 is 2.07. The van der Waals surface area contributed by atoms with Crippen LogP contribution in [-0.4, -0.2) is 26.5 Å². The van der Waals surface area contributed by atoms with E-state index in [1.807, 2.05) is 0 Å². The highest BCUT2D eigenvalue weighted by Crippen LogP contribution is 2.48. The van der Waals surface area contributed by atoms with Gasteiger partial charge in [-0.05, 0) is 43.4 Å². The van der Waals surface area contributed by atoms with E-state index in [2.05, 4.69) is 30.7 Å². The average molecular weight is 289 g/mol. The van der Waals surface area contributed by atoms with Crippen LogP contribution in [0.1, 0.15) is 57.1 Å². The van der Waals surface area contributed by atoms with Crippen LogP contribution in [0.15, 0.2) is 12.2 Å².